The van der Waals surface area contributed by atoms with Crippen LogP contribution in [0.3, 0.4) is 0 Å². The molecule has 6 nitrogen and oxygen atoms in total. The number of fused-ring (bicyclic) bond motifs is 1. The van der Waals surface area contributed by atoms with Crippen LogP contribution in [0.25, 0.3) is 20.5 Å². The van der Waals surface area contributed by atoms with Crippen LogP contribution >= 0.6 is 11.3 Å². The lowest BCUT2D eigenvalue weighted by atomic mass is 10.0. The van der Waals surface area contributed by atoms with Gasteiger partial charge in [-0.1, -0.05) is 30.3 Å². The van der Waals surface area contributed by atoms with Crippen molar-refractivity contribution < 1.29 is 4.79 Å². The molecule has 0 saturated carbocycles. The van der Waals surface area contributed by atoms with Gasteiger partial charge in [-0.05, 0) is 47.3 Å². The average Bonchev–Trinajstić information content (AvgIpc) is 3.18. The predicted molar refractivity (Wildman–Crippen MR) is 125 cm³/mol. The number of nitrogens with one attached hydrogen (secondary N) is 2. The first kappa shape index (κ1) is 19.6. The fourth-order valence-electron chi connectivity index (χ4n) is 3.30. The molecule has 0 aliphatic carbocycles. The van der Waals surface area contributed by atoms with Gasteiger partial charge < -0.3 is 22.5 Å². The number of benzene rings is 3. The molecule has 0 unspecified atom stereocenters. The molecule has 0 radical (unpaired) electrons. The van der Waals surface area contributed by atoms with Gasteiger partial charge in [-0.15, -0.1) is 11.3 Å². The number of nitrogen functional groups attached to an aromatic ring is 2. The van der Waals surface area contributed by atoms with Crippen molar-refractivity contribution in [2.75, 3.05) is 11.1 Å². The fourth-order valence-corrected chi connectivity index (χ4v) is 4.39. The number of anilines is 2. The zero-order chi connectivity index (χ0) is 21.3. The first-order valence-electron chi connectivity index (χ1n) is 9.33. The normalized spacial score (nSPS) is 10.8. The standard InChI is InChI=1S/C23H21N5OS/c24-12-16-8-15(23(29)28-17-6-3-5-14(9-17)22(26)27)10-18(21(16)25)20-11-13-4-1-2-7-19(13)30-20/h1-11H,12,24-25H2,(H3,26,27)(H,28,29). The highest BCUT2D eigenvalue weighted by Crippen LogP contribution is 2.38. The van der Waals surface area contributed by atoms with Gasteiger partial charge in [0.05, 0.1) is 0 Å². The predicted octanol–water partition coefficient (Wildman–Crippen LogP) is 4.15. The highest BCUT2D eigenvalue weighted by atomic mass is 32.1. The maximum atomic E-state index is 13.0. The van der Waals surface area contributed by atoms with Gasteiger partial charge in [0, 0.05) is 44.2 Å². The molecule has 4 aromatic rings. The van der Waals surface area contributed by atoms with E-state index in [-0.39, 0.29) is 18.3 Å². The summed E-state index contributed by atoms with van der Waals surface area (Å²) in [7, 11) is 0. The summed E-state index contributed by atoms with van der Waals surface area (Å²) < 4.78 is 1.15. The number of nitrogens with two attached hydrogens (primary N) is 3. The number of hydrogen-bond donors (Lipinski definition) is 5. The van der Waals surface area contributed by atoms with Gasteiger partial charge >= 0.3 is 0 Å². The quantitative estimate of drug-likeness (QED) is 0.190. The van der Waals surface area contributed by atoms with E-state index in [0.717, 1.165) is 20.5 Å². The molecule has 1 heterocycles. The van der Waals surface area contributed by atoms with Crippen LogP contribution in [0.15, 0.2) is 66.7 Å². The highest BCUT2D eigenvalue weighted by molar-refractivity contribution is 7.22. The largest absolute Gasteiger partial charge is 0.398 e. The van der Waals surface area contributed by atoms with Gasteiger partial charge in [0.1, 0.15) is 5.84 Å². The summed E-state index contributed by atoms with van der Waals surface area (Å²) in [4.78, 5) is 13.9. The molecule has 8 N–H and O–H groups in total. The molecule has 30 heavy (non-hydrogen) atoms. The van der Waals surface area contributed by atoms with Crippen LogP contribution in [-0.4, -0.2) is 11.7 Å². The Balaban J connectivity index is 1.73. The third-order valence-corrected chi connectivity index (χ3v) is 6.02. The molecule has 0 atom stereocenters. The van der Waals surface area contributed by atoms with Crippen molar-refractivity contribution >= 4 is 44.5 Å². The first-order chi connectivity index (χ1) is 14.5. The zero-order valence-electron chi connectivity index (χ0n) is 16.1. The molecule has 0 bridgehead atoms. The molecule has 1 aromatic heterocycles. The number of carbonyl (C=O) groups is 1. The van der Waals surface area contributed by atoms with Crippen LogP contribution in [0.1, 0.15) is 21.5 Å². The van der Waals surface area contributed by atoms with E-state index >= 15 is 0 Å². The second-order valence-corrected chi connectivity index (χ2v) is 7.98. The molecule has 4 rings (SSSR count). The highest BCUT2D eigenvalue weighted by Gasteiger charge is 2.16. The fraction of sp³-hybridized carbons (Fsp3) is 0.0435. The van der Waals surface area contributed by atoms with E-state index in [0.29, 0.717) is 28.1 Å². The van der Waals surface area contributed by atoms with E-state index in [4.69, 9.17) is 22.6 Å². The Morgan fingerprint density at radius 1 is 1.00 bits per heavy atom. The van der Waals surface area contributed by atoms with E-state index in [1.54, 1.807) is 47.7 Å². The lowest BCUT2D eigenvalue weighted by Crippen LogP contribution is -2.15. The number of carbonyl (C=O) groups excluding carboxylic acids is 1. The number of thiophene rings is 1. The van der Waals surface area contributed by atoms with Crippen LogP contribution in [0.5, 0.6) is 0 Å². The molecule has 0 aliphatic rings. The van der Waals surface area contributed by atoms with Crippen LogP contribution in [0.4, 0.5) is 11.4 Å². The monoisotopic (exact) mass is 415 g/mol. The first-order valence-corrected chi connectivity index (χ1v) is 10.1. The average molecular weight is 416 g/mol. The van der Waals surface area contributed by atoms with Gasteiger partial charge in [-0.2, -0.15) is 0 Å². The Labute approximate surface area is 177 Å². The van der Waals surface area contributed by atoms with Crippen molar-refractivity contribution in [1.82, 2.24) is 0 Å². The van der Waals surface area contributed by atoms with E-state index in [1.165, 1.54) is 0 Å². The molecule has 1 amide bonds. The van der Waals surface area contributed by atoms with Crippen molar-refractivity contribution in [3.63, 3.8) is 0 Å². The van der Waals surface area contributed by atoms with Gasteiger partial charge in [0.15, 0.2) is 0 Å². The van der Waals surface area contributed by atoms with Gasteiger partial charge in [-0.3, -0.25) is 10.2 Å². The SMILES string of the molecule is N=C(N)c1cccc(NC(=O)c2cc(CN)c(N)c(-c3cc4ccccc4s3)c2)c1. The van der Waals surface area contributed by atoms with Crippen molar-refractivity contribution in [3.8, 4) is 10.4 Å². The van der Waals surface area contributed by atoms with Crippen LogP contribution in [0.2, 0.25) is 0 Å². The number of hydrogen-bond acceptors (Lipinski definition) is 5. The minimum absolute atomic E-state index is 0.0592. The Bertz CT molecular complexity index is 1240. The van der Waals surface area contributed by atoms with Crippen LogP contribution in [0, 0.1) is 5.41 Å². The summed E-state index contributed by atoms with van der Waals surface area (Å²) in [6.07, 6.45) is 0. The topological polar surface area (TPSA) is 131 Å². The van der Waals surface area contributed by atoms with Gasteiger partial charge in [0.25, 0.3) is 5.91 Å². The lowest BCUT2D eigenvalue weighted by molar-refractivity contribution is 0.102. The smallest absolute Gasteiger partial charge is 0.255 e. The molecule has 0 aliphatic heterocycles. The lowest BCUT2D eigenvalue weighted by Gasteiger charge is -2.13. The second-order valence-electron chi connectivity index (χ2n) is 6.90. The maximum Gasteiger partial charge on any atom is 0.255 e. The van der Waals surface area contributed by atoms with Gasteiger partial charge in [0.2, 0.25) is 0 Å². The number of rotatable bonds is 5. The molecule has 0 fully saturated rings. The van der Waals surface area contributed by atoms with E-state index in [9.17, 15) is 4.79 Å². The summed E-state index contributed by atoms with van der Waals surface area (Å²) in [6, 6.07) is 20.5. The van der Waals surface area contributed by atoms with Crippen LogP contribution < -0.4 is 22.5 Å². The summed E-state index contributed by atoms with van der Waals surface area (Å²) in [6.45, 7) is 0.227. The summed E-state index contributed by atoms with van der Waals surface area (Å²) in [5.41, 5.74) is 21.5. The molecule has 0 spiro atoms. The van der Waals surface area contributed by atoms with E-state index in [2.05, 4.69) is 17.4 Å². The van der Waals surface area contributed by atoms with Crippen molar-refractivity contribution in [2.45, 2.75) is 6.54 Å². The minimum Gasteiger partial charge on any atom is -0.398 e. The van der Waals surface area contributed by atoms with E-state index in [1.807, 2.05) is 18.2 Å². The number of amidine groups is 1. The molecule has 7 heteroatoms. The Morgan fingerprint density at radius 3 is 2.53 bits per heavy atom. The van der Waals surface area contributed by atoms with Gasteiger partial charge in [-0.25, -0.2) is 0 Å². The summed E-state index contributed by atoms with van der Waals surface area (Å²) in [5.74, 6) is -0.344. The molecular weight excluding hydrogens is 394 g/mol. The molecular formula is C23H21N5OS. The van der Waals surface area contributed by atoms with Crippen molar-refractivity contribution in [1.29, 1.82) is 5.41 Å². The molecule has 0 saturated heterocycles. The zero-order valence-corrected chi connectivity index (χ0v) is 16.9. The Morgan fingerprint density at radius 2 is 1.80 bits per heavy atom. The Hall–Kier alpha value is -3.68. The maximum absolute atomic E-state index is 13.0. The summed E-state index contributed by atoms with van der Waals surface area (Å²) in [5, 5.41) is 11.6. The third kappa shape index (κ3) is 3.76. The van der Waals surface area contributed by atoms with Crippen LogP contribution in [-0.2, 0) is 6.54 Å². The van der Waals surface area contributed by atoms with Crippen molar-refractivity contribution in [3.05, 3.63) is 83.4 Å². The molecule has 150 valence electrons. The summed E-state index contributed by atoms with van der Waals surface area (Å²) >= 11 is 1.62. The third-order valence-electron chi connectivity index (χ3n) is 4.87. The molecule has 3 aromatic carbocycles. The van der Waals surface area contributed by atoms with E-state index < -0.39 is 0 Å². The Kier molecular flexibility index (Phi) is 5.22. The number of amides is 1. The minimum atomic E-state index is -0.284. The van der Waals surface area contributed by atoms with Crippen molar-refractivity contribution in [2.24, 2.45) is 11.5 Å². The second kappa shape index (κ2) is 7.98.